The fourth-order valence-electron chi connectivity index (χ4n) is 1.57. The van der Waals surface area contributed by atoms with Gasteiger partial charge in [-0.15, -0.1) is 0 Å². The van der Waals surface area contributed by atoms with Crippen molar-refractivity contribution in [1.29, 1.82) is 0 Å². The molecule has 1 aromatic rings. The summed E-state index contributed by atoms with van der Waals surface area (Å²) in [6.07, 6.45) is 1.50. The molecule has 2 nitrogen and oxygen atoms in total. The van der Waals surface area contributed by atoms with Crippen LogP contribution in [0.5, 0.6) is 5.75 Å². The van der Waals surface area contributed by atoms with Gasteiger partial charge in [-0.3, -0.25) is 0 Å². The lowest BCUT2D eigenvalue weighted by molar-refractivity contribution is 0.185. The predicted molar refractivity (Wildman–Crippen MR) is 79.5 cm³/mol. The molecular weight excluding hydrogens is 244 g/mol. The Bertz CT molecular complexity index is 320. The molecule has 0 saturated heterocycles. The zero-order valence-electron chi connectivity index (χ0n) is 11.6. The second-order valence-corrected chi connectivity index (χ2v) is 6.48. The summed E-state index contributed by atoms with van der Waals surface area (Å²) in [6, 6.07) is 8.18. The summed E-state index contributed by atoms with van der Waals surface area (Å²) in [5.41, 5.74) is 1.25. The second-order valence-electron chi connectivity index (χ2n) is 4.80. The molecule has 0 aliphatic rings. The van der Waals surface area contributed by atoms with Gasteiger partial charge in [0.05, 0.1) is 12.7 Å². The summed E-state index contributed by atoms with van der Waals surface area (Å²) in [4.78, 5) is 0. The van der Waals surface area contributed by atoms with Crippen LogP contribution in [0.1, 0.15) is 32.8 Å². The molecule has 0 spiro atoms. The average molecular weight is 268 g/mol. The Kier molecular flexibility index (Phi) is 7.21. The highest BCUT2D eigenvalue weighted by Gasteiger charge is 2.00. The van der Waals surface area contributed by atoms with Gasteiger partial charge in [0.25, 0.3) is 0 Å². The number of hydrogen-bond acceptors (Lipinski definition) is 3. The van der Waals surface area contributed by atoms with E-state index in [0.717, 1.165) is 31.0 Å². The fourth-order valence-corrected chi connectivity index (χ4v) is 2.22. The Hall–Kier alpha value is -0.670. The first-order chi connectivity index (χ1) is 8.58. The van der Waals surface area contributed by atoms with Crippen molar-refractivity contribution in [2.75, 3.05) is 12.4 Å². The predicted octanol–water partition coefficient (Wildman–Crippen LogP) is 3.52. The van der Waals surface area contributed by atoms with E-state index < -0.39 is 0 Å². The average Bonchev–Trinajstić information content (AvgIpc) is 2.33. The number of ether oxygens (including phenoxy) is 1. The van der Waals surface area contributed by atoms with E-state index in [4.69, 9.17) is 4.74 Å². The van der Waals surface area contributed by atoms with Crippen LogP contribution in [0.15, 0.2) is 24.3 Å². The van der Waals surface area contributed by atoms with Gasteiger partial charge in [-0.25, -0.2) is 0 Å². The van der Waals surface area contributed by atoms with Gasteiger partial charge in [-0.1, -0.05) is 26.0 Å². The van der Waals surface area contributed by atoms with Crippen molar-refractivity contribution in [2.24, 2.45) is 0 Å². The summed E-state index contributed by atoms with van der Waals surface area (Å²) in [5, 5.41) is 9.89. The molecule has 0 saturated carbocycles. The van der Waals surface area contributed by atoms with E-state index >= 15 is 0 Å². The first-order valence-electron chi connectivity index (χ1n) is 6.59. The fraction of sp³-hybridized carbons (Fsp3) is 0.600. The minimum atomic E-state index is -0.228. The van der Waals surface area contributed by atoms with Gasteiger partial charge in [0.2, 0.25) is 0 Å². The third-order valence-electron chi connectivity index (χ3n) is 2.58. The number of aryl methyl sites for hydroxylation is 1. The number of hydrogen-bond donors (Lipinski definition) is 1. The first kappa shape index (κ1) is 15.4. The van der Waals surface area contributed by atoms with E-state index in [0.29, 0.717) is 5.25 Å². The molecular formula is C15H24O2S. The lowest BCUT2D eigenvalue weighted by atomic mass is 10.1. The van der Waals surface area contributed by atoms with Crippen LogP contribution in [0.25, 0.3) is 0 Å². The summed E-state index contributed by atoms with van der Waals surface area (Å²) in [5.74, 6) is 1.96. The molecule has 0 aliphatic carbocycles. The highest BCUT2D eigenvalue weighted by Crippen LogP contribution is 2.15. The highest BCUT2D eigenvalue weighted by atomic mass is 32.2. The lowest BCUT2D eigenvalue weighted by Crippen LogP contribution is -2.03. The third kappa shape index (κ3) is 6.92. The zero-order valence-corrected chi connectivity index (χ0v) is 12.4. The normalized spacial score (nSPS) is 12.7. The van der Waals surface area contributed by atoms with Crippen LogP contribution in [0.4, 0.5) is 0 Å². The highest BCUT2D eigenvalue weighted by molar-refractivity contribution is 7.99. The zero-order chi connectivity index (χ0) is 13.4. The van der Waals surface area contributed by atoms with Crippen molar-refractivity contribution in [2.45, 2.75) is 45.0 Å². The number of aliphatic hydroxyl groups excluding tert-OH is 1. The topological polar surface area (TPSA) is 29.5 Å². The van der Waals surface area contributed by atoms with Crippen LogP contribution in [-0.4, -0.2) is 28.8 Å². The van der Waals surface area contributed by atoms with Crippen molar-refractivity contribution in [3.8, 4) is 5.75 Å². The minimum Gasteiger partial charge on any atom is -0.493 e. The summed E-state index contributed by atoms with van der Waals surface area (Å²) >= 11 is 1.91. The quantitative estimate of drug-likeness (QED) is 0.732. The van der Waals surface area contributed by atoms with Crippen LogP contribution < -0.4 is 4.74 Å². The Morgan fingerprint density at radius 2 is 1.83 bits per heavy atom. The van der Waals surface area contributed by atoms with Crippen LogP contribution in [0.3, 0.4) is 0 Å². The van der Waals surface area contributed by atoms with Gasteiger partial charge in [0.15, 0.2) is 0 Å². The van der Waals surface area contributed by atoms with E-state index in [1.54, 1.807) is 0 Å². The van der Waals surface area contributed by atoms with E-state index in [9.17, 15) is 5.11 Å². The molecule has 0 bridgehead atoms. The molecule has 0 amide bonds. The van der Waals surface area contributed by atoms with Crippen LogP contribution in [0, 0.1) is 0 Å². The molecule has 1 N–H and O–H groups in total. The third-order valence-corrected chi connectivity index (χ3v) is 3.65. The van der Waals surface area contributed by atoms with Crippen molar-refractivity contribution >= 4 is 11.8 Å². The van der Waals surface area contributed by atoms with Gasteiger partial charge < -0.3 is 9.84 Å². The van der Waals surface area contributed by atoms with E-state index in [2.05, 4.69) is 26.0 Å². The largest absolute Gasteiger partial charge is 0.493 e. The maximum absolute atomic E-state index is 9.23. The number of thioether (sulfide) groups is 1. The molecule has 1 atom stereocenters. The maximum atomic E-state index is 9.23. The molecule has 0 aliphatic heterocycles. The van der Waals surface area contributed by atoms with Crippen molar-refractivity contribution in [3.63, 3.8) is 0 Å². The second kappa shape index (κ2) is 8.44. The van der Waals surface area contributed by atoms with Gasteiger partial charge in [-0.05, 0) is 42.7 Å². The molecule has 102 valence electrons. The van der Waals surface area contributed by atoms with E-state index in [1.807, 2.05) is 30.8 Å². The smallest absolute Gasteiger partial charge is 0.119 e. The van der Waals surface area contributed by atoms with E-state index in [-0.39, 0.29) is 6.10 Å². The summed E-state index contributed by atoms with van der Waals surface area (Å²) in [7, 11) is 0. The number of benzene rings is 1. The van der Waals surface area contributed by atoms with Crippen molar-refractivity contribution in [3.05, 3.63) is 29.8 Å². The van der Waals surface area contributed by atoms with Crippen molar-refractivity contribution < 1.29 is 9.84 Å². The minimum absolute atomic E-state index is 0.228. The monoisotopic (exact) mass is 268 g/mol. The first-order valence-corrected chi connectivity index (χ1v) is 7.64. The number of rotatable bonds is 8. The Morgan fingerprint density at radius 3 is 2.39 bits per heavy atom. The standard InChI is InChI=1S/C15H24O2S/c1-12(2)18-11-10-17-15-8-6-14(7-9-15)5-4-13(3)16/h6-9,12-13,16H,4-5,10-11H2,1-3H3. The Labute approximate surface area is 115 Å². The molecule has 18 heavy (non-hydrogen) atoms. The number of aliphatic hydroxyl groups is 1. The van der Waals surface area contributed by atoms with Crippen LogP contribution in [-0.2, 0) is 6.42 Å². The lowest BCUT2D eigenvalue weighted by Gasteiger charge is -2.09. The molecule has 0 fully saturated rings. The van der Waals surface area contributed by atoms with Crippen LogP contribution >= 0.6 is 11.8 Å². The molecule has 3 heteroatoms. The molecule has 1 aromatic carbocycles. The van der Waals surface area contributed by atoms with Gasteiger partial charge in [-0.2, -0.15) is 11.8 Å². The van der Waals surface area contributed by atoms with Crippen molar-refractivity contribution in [1.82, 2.24) is 0 Å². The summed E-state index contributed by atoms with van der Waals surface area (Å²) in [6.45, 7) is 6.98. The van der Waals surface area contributed by atoms with Gasteiger partial charge >= 0.3 is 0 Å². The van der Waals surface area contributed by atoms with Gasteiger partial charge in [0.1, 0.15) is 5.75 Å². The van der Waals surface area contributed by atoms with Gasteiger partial charge in [0, 0.05) is 5.75 Å². The van der Waals surface area contributed by atoms with E-state index in [1.165, 1.54) is 5.56 Å². The van der Waals surface area contributed by atoms with Crippen LogP contribution in [0.2, 0.25) is 0 Å². The molecule has 1 unspecified atom stereocenters. The summed E-state index contributed by atoms with van der Waals surface area (Å²) < 4.78 is 5.67. The Balaban J connectivity index is 2.27. The molecule has 0 radical (unpaired) electrons. The maximum Gasteiger partial charge on any atom is 0.119 e. The molecule has 1 rings (SSSR count). The molecule has 0 aromatic heterocycles. The Morgan fingerprint density at radius 1 is 1.17 bits per heavy atom. The molecule has 0 heterocycles. The SMILES string of the molecule is CC(O)CCc1ccc(OCCSC(C)C)cc1.